The lowest BCUT2D eigenvalue weighted by molar-refractivity contribution is 0.0941. The third-order valence-electron chi connectivity index (χ3n) is 3.96. The van der Waals surface area contributed by atoms with E-state index in [1.165, 1.54) is 6.20 Å². The maximum absolute atomic E-state index is 12.4. The molecule has 0 saturated carbocycles. The number of carbonyl (C=O) groups is 1. The van der Waals surface area contributed by atoms with E-state index in [1.54, 1.807) is 19.2 Å². The van der Waals surface area contributed by atoms with Gasteiger partial charge in [-0.15, -0.1) is 0 Å². The summed E-state index contributed by atoms with van der Waals surface area (Å²) in [7, 11) is -1.46. The quantitative estimate of drug-likeness (QED) is 0.842. The van der Waals surface area contributed by atoms with Gasteiger partial charge in [-0.1, -0.05) is 12.1 Å². The molecule has 1 amide bonds. The van der Waals surface area contributed by atoms with Crippen LogP contribution in [0.1, 0.15) is 16.8 Å². The molecule has 1 fully saturated rings. The van der Waals surface area contributed by atoms with Crippen molar-refractivity contribution in [3.8, 4) is 5.75 Å². The van der Waals surface area contributed by atoms with Gasteiger partial charge < -0.3 is 15.4 Å². The lowest BCUT2D eigenvalue weighted by atomic mass is 10.2. The van der Waals surface area contributed by atoms with Gasteiger partial charge >= 0.3 is 0 Å². The first-order valence-electron chi connectivity index (χ1n) is 7.84. The van der Waals surface area contributed by atoms with Crippen LogP contribution < -0.4 is 15.4 Å². The number of aromatic nitrogens is 1. The Kier molecular flexibility index (Phi) is 4.89. The number of rotatable bonds is 5. The number of para-hydroxylation sites is 2. The van der Waals surface area contributed by atoms with Crippen molar-refractivity contribution in [1.82, 2.24) is 10.3 Å². The van der Waals surface area contributed by atoms with Crippen molar-refractivity contribution in [1.29, 1.82) is 0 Å². The lowest BCUT2D eigenvalue weighted by Gasteiger charge is -2.13. The molecular weight excluding hydrogens is 342 g/mol. The van der Waals surface area contributed by atoms with E-state index in [-0.39, 0.29) is 23.5 Å². The second-order valence-corrected chi connectivity index (χ2v) is 8.06. The molecule has 1 aromatic heterocycles. The first-order valence-corrected chi connectivity index (χ1v) is 9.66. The van der Waals surface area contributed by atoms with Crippen LogP contribution in [-0.2, 0) is 9.84 Å². The first-order chi connectivity index (χ1) is 12.0. The summed E-state index contributed by atoms with van der Waals surface area (Å²) in [4.78, 5) is 16.6. The highest BCUT2D eigenvalue weighted by Crippen LogP contribution is 2.26. The fraction of sp³-hybridized carbons (Fsp3) is 0.294. The zero-order valence-electron chi connectivity index (χ0n) is 13.7. The van der Waals surface area contributed by atoms with Gasteiger partial charge in [0.2, 0.25) is 0 Å². The molecule has 1 saturated heterocycles. The number of methoxy groups -OCH3 is 1. The Morgan fingerprint density at radius 1 is 1.28 bits per heavy atom. The van der Waals surface area contributed by atoms with Crippen molar-refractivity contribution in [2.45, 2.75) is 12.5 Å². The van der Waals surface area contributed by atoms with Crippen LogP contribution in [0.2, 0.25) is 0 Å². The largest absolute Gasteiger partial charge is 0.495 e. The summed E-state index contributed by atoms with van der Waals surface area (Å²) in [5.41, 5.74) is 1.15. The Morgan fingerprint density at radius 3 is 2.80 bits per heavy atom. The van der Waals surface area contributed by atoms with E-state index in [1.807, 2.05) is 24.3 Å². The number of hydrogen-bond acceptors (Lipinski definition) is 6. The third-order valence-corrected chi connectivity index (χ3v) is 5.73. The van der Waals surface area contributed by atoms with Crippen LogP contribution in [0.3, 0.4) is 0 Å². The molecule has 2 heterocycles. The predicted octanol–water partition coefficient (Wildman–Crippen LogP) is 1.75. The molecule has 1 atom stereocenters. The Hall–Kier alpha value is -2.61. The van der Waals surface area contributed by atoms with Crippen LogP contribution in [0, 0.1) is 0 Å². The molecule has 2 N–H and O–H groups in total. The van der Waals surface area contributed by atoms with Crippen LogP contribution in [-0.4, -0.2) is 44.0 Å². The van der Waals surface area contributed by atoms with Crippen molar-refractivity contribution in [2.75, 3.05) is 23.9 Å². The number of benzene rings is 1. The summed E-state index contributed by atoms with van der Waals surface area (Å²) in [5.74, 6) is 0.962. The normalized spacial score (nSPS) is 18.5. The molecule has 1 aromatic carbocycles. The number of pyridine rings is 1. The van der Waals surface area contributed by atoms with E-state index in [9.17, 15) is 13.2 Å². The van der Waals surface area contributed by atoms with Crippen molar-refractivity contribution >= 4 is 27.2 Å². The standard InChI is InChI=1S/C17H19N3O4S/c1-24-15-5-3-2-4-14(15)20-16-10-12(6-8-18-16)17(21)19-13-7-9-25(22,23)11-13/h2-6,8,10,13H,7,9,11H2,1H3,(H,18,20)(H,19,21). The third kappa shape index (κ3) is 4.27. The Morgan fingerprint density at radius 2 is 2.08 bits per heavy atom. The number of nitrogens with one attached hydrogen (secondary N) is 2. The molecular formula is C17H19N3O4S. The highest BCUT2D eigenvalue weighted by atomic mass is 32.2. The molecule has 7 nitrogen and oxygen atoms in total. The fourth-order valence-electron chi connectivity index (χ4n) is 2.70. The summed E-state index contributed by atoms with van der Waals surface area (Å²) < 4.78 is 28.3. The molecule has 3 rings (SSSR count). The van der Waals surface area contributed by atoms with Gasteiger partial charge in [0, 0.05) is 17.8 Å². The summed E-state index contributed by atoms with van der Waals surface area (Å²) in [6, 6.07) is 10.3. The summed E-state index contributed by atoms with van der Waals surface area (Å²) in [6.45, 7) is 0. The van der Waals surface area contributed by atoms with E-state index < -0.39 is 9.84 Å². The number of amides is 1. The van der Waals surface area contributed by atoms with Crippen LogP contribution in [0.5, 0.6) is 5.75 Å². The Balaban J connectivity index is 1.72. The molecule has 132 valence electrons. The lowest BCUT2D eigenvalue weighted by Crippen LogP contribution is -2.35. The minimum Gasteiger partial charge on any atom is -0.495 e. The van der Waals surface area contributed by atoms with E-state index in [2.05, 4.69) is 15.6 Å². The molecule has 1 aliphatic rings. The Bertz CT molecular complexity index is 883. The minimum atomic E-state index is -3.03. The molecule has 0 radical (unpaired) electrons. The van der Waals surface area contributed by atoms with Crippen molar-refractivity contribution in [2.24, 2.45) is 0 Å². The van der Waals surface area contributed by atoms with Gasteiger partial charge in [-0.25, -0.2) is 13.4 Å². The molecule has 1 aliphatic heterocycles. The minimum absolute atomic E-state index is 0.00382. The molecule has 0 bridgehead atoms. The molecule has 25 heavy (non-hydrogen) atoms. The van der Waals surface area contributed by atoms with Gasteiger partial charge in [0.05, 0.1) is 24.3 Å². The summed E-state index contributed by atoms with van der Waals surface area (Å²) in [5, 5.41) is 5.88. The van der Waals surface area contributed by atoms with E-state index in [0.717, 1.165) is 5.69 Å². The van der Waals surface area contributed by atoms with Gasteiger partial charge in [0.15, 0.2) is 9.84 Å². The zero-order valence-corrected chi connectivity index (χ0v) is 14.5. The van der Waals surface area contributed by atoms with Crippen molar-refractivity contribution < 1.29 is 17.9 Å². The van der Waals surface area contributed by atoms with Gasteiger partial charge in [-0.2, -0.15) is 0 Å². The molecule has 8 heteroatoms. The van der Waals surface area contributed by atoms with Crippen LogP contribution in [0.15, 0.2) is 42.6 Å². The van der Waals surface area contributed by atoms with Crippen molar-refractivity contribution in [3.05, 3.63) is 48.2 Å². The number of hydrogen-bond donors (Lipinski definition) is 2. The number of sulfone groups is 1. The van der Waals surface area contributed by atoms with E-state index >= 15 is 0 Å². The number of carbonyl (C=O) groups excluding carboxylic acids is 1. The highest BCUT2D eigenvalue weighted by Gasteiger charge is 2.29. The second kappa shape index (κ2) is 7.10. The molecule has 1 unspecified atom stereocenters. The molecule has 2 aromatic rings. The average molecular weight is 361 g/mol. The average Bonchev–Trinajstić information content (AvgIpc) is 2.94. The van der Waals surface area contributed by atoms with Crippen LogP contribution >= 0.6 is 0 Å². The van der Waals surface area contributed by atoms with E-state index in [4.69, 9.17) is 4.74 Å². The highest BCUT2D eigenvalue weighted by molar-refractivity contribution is 7.91. The summed E-state index contributed by atoms with van der Waals surface area (Å²) in [6.07, 6.45) is 1.98. The number of ether oxygens (including phenoxy) is 1. The van der Waals surface area contributed by atoms with Gasteiger partial charge in [-0.3, -0.25) is 4.79 Å². The monoisotopic (exact) mass is 361 g/mol. The van der Waals surface area contributed by atoms with Gasteiger partial charge in [-0.05, 0) is 30.7 Å². The maximum Gasteiger partial charge on any atom is 0.251 e. The SMILES string of the molecule is COc1ccccc1Nc1cc(C(=O)NC2CCS(=O)(=O)C2)ccn1. The Labute approximate surface area is 146 Å². The first kappa shape index (κ1) is 17.2. The fourth-order valence-corrected chi connectivity index (χ4v) is 4.38. The predicted molar refractivity (Wildman–Crippen MR) is 95.0 cm³/mol. The smallest absolute Gasteiger partial charge is 0.251 e. The summed E-state index contributed by atoms with van der Waals surface area (Å²) >= 11 is 0. The topological polar surface area (TPSA) is 97.4 Å². The van der Waals surface area contributed by atoms with E-state index in [0.29, 0.717) is 23.6 Å². The maximum atomic E-state index is 12.4. The van der Waals surface area contributed by atoms with Gasteiger partial charge in [0.25, 0.3) is 5.91 Å². The molecule has 0 aliphatic carbocycles. The zero-order chi connectivity index (χ0) is 17.9. The second-order valence-electron chi connectivity index (χ2n) is 5.83. The number of nitrogens with zero attached hydrogens (tertiary/aromatic N) is 1. The van der Waals surface area contributed by atoms with Crippen molar-refractivity contribution in [3.63, 3.8) is 0 Å². The number of anilines is 2. The van der Waals surface area contributed by atoms with Crippen LogP contribution in [0.4, 0.5) is 11.5 Å². The van der Waals surface area contributed by atoms with Crippen LogP contribution in [0.25, 0.3) is 0 Å². The van der Waals surface area contributed by atoms with Gasteiger partial charge in [0.1, 0.15) is 11.6 Å². The molecule has 0 spiro atoms.